The number of nitrogens with zero attached hydrogens (tertiary/aromatic N) is 3. The summed E-state index contributed by atoms with van der Waals surface area (Å²) in [6, 6.07) is 10.4. The van der Waals surface area contributed by atoms with E-state index in [9.17, 15) is 0 Å². The van der Waals surface area contributed by atoms with Crippen molar-refractivity contribution >= 4 is 5.95 Å². The first kappa shape index (κ1) is 11.6. The lowest BCUT2D eigenvalue weighted by Crippen LogP contribution is -2.08. The highest BCUT2D eigenvalue weighted by molar-refractivity contribution is 5.30. The molecule has 0 saturated carbocycles. The summed E-state index contributed by atoms with van der Waals surface area (Å²) < 4.78 is 2.02. The minimum atomic E-state index is 0.302. The minimum Gasteiger partial charge on any atom is -0.357 e. The molecule has 0 radical (unpaired) electrons. The lowest BCUT2D eigenvalue weighted by Gasteiger charge is -2.14. The molecule has 1 N–H and O–H groups in total. The van der Waals surface area contributed by atoms with Crippen molar-refractivity contribution in [3.63, 3.8) is 0 Å². The molecule has 4 heteroatoms. The van der Waals surface area contributed by atoms with Crippen LogP contribution in [-0.2, 0) is 7.05 Å². The standard InChI is InChI=1S/C13H18N4/c1-4-11(10-8-6-5-7-9-10)12-15-16-13(14-2)17(12)3/h5-9,11H,4H2,1-3H3,(H,14,16). The van der Waals surface area contributed by atoms with Crippen LogP contribution >= 0.6 is 0 Å². The van der Waals surface area contributed by atoms with Crippen molar-refractivity contribution in [2.75, 3.05) is 12.4 Å². The largest absolute Gasteiger partial charge is 0.357 e. The Bertz CT molecular complexity index is 475. The lowest BCUT2D eigenvalue weighted by atomic mass is 9.96. The molecule has 0 aliphatic carbocycles. The molecule has 0 spiro atoms. The molecule has 0 saturated heterocycles. The minimum absolute atomic E-state index is 0.302. The van der Waals surface area contributed by atoms with Crippen molar-refractivity contribution in [1.82, 2.24) is 14.8 Å². The highest BCUT2D eigenvalue weighted by Gasteiger charge is 2.18. The fourth-order valence-electron chi connectivity index (χ4n) is 2.12. The van der Waals surface area contributed by atoms with E-state index in [1.54, 1.807) is 0 Å². The van der Waals surface area contributed by atoms with E-state index in [0.717, 1.165) is 18.2 Å². The molecule has 2 rings (SSSR count). The zero-order valence-corrected chi connectivity index (χ0v) is 10.5. The van der Waals surface area contributed by atoms with Gasteiger partial charge in [0.15, 0.2) is 0 Å². The van der Waals surface area contributed by atoms with Crippen molar-refractivity contribution in [1.29, 1.82) is 0 Å². The maximum Gasteiger partial charge on any atom is 0.224 e. The van der Waals surface area contributed by atoms with Crippen LogP contribution in [0.2, 0.25) is 0 Å². The SMILES string of the molecule is CCC(c1ccccc1)c1nnc(NC)n1C. The molecule has 1 unspecified atom stereocenters. The molecule has 0 amide bonds. The van der Waals surface area contributed by atoms with E-state index in [1.165, 1.54) is 5.56 Å². The topological polar surface area (TPSA) is 42.7 Å². The van der Waals surface area contributed by atoms with Gasteiger partial charge in [-0.05, 0) is 12.0 Å². The van der Waals surface area contributed by atoms with Crippen molar-refractivity contribution in [2.45, 2.75) is 19.3 Å². The van der Waals surface area contributed by atoms with Crippen molar-refractivity contribution in [2.24, 2.45) is 7.05 Å². The van der Waals surface area contributed by atoms with Crippen molar-refractivity contribution < 1.29 is 0 Å². The Balaban J connectivity index is 2.39. The van der Waals surface area contributed by atoms with Gasteiger partial charge >= 0.3 is 0 Å². The molecule has 1 atom stereocenters. The normalized spacial score (nSPS) is 12.4. The maximum atomic E-state index is 4.28. The Morgan fingerprint density at radius 2 is 1.94 bits per heavy atom. The van der Waals surface area contributed by atoms with Crippen LogP contribution in [0.1, 0.15) is 30.7 Å². The van der Waals surface area contributed by atoms with E-state index >= 15 is 0 Å². The van der Waals surface area contributed by atoms with Crippen LogP contribution in [0.4, 0.5) is 5.95 Å². The number of anilines is 1. The van der Waals surface area contributed by atoms with Gasteiger partial charge in [-0.15, -0.1) is 10.2 Å². The zero-order valence-electron chi connectivity index (χ0n) is 10.5. The third kappa shape index (κ3) is 2.16. The number of benzene rings is 1. The number of aromatic nitrogens is 3. The summed E-state index contributed by atoms with van der Waals surface area (Å²) in [5.74, 6) is 2.10. The summed E-state index contributed by atoms with van der Waals surface area (Å²) in [6.45, 7) is 2.17. The van der Waals surface area contributed by atoms with Gasteiger partial charge in [0.2, 0.25) is 5.95 Å². The van der Waals surface area contributed by atoms with E-state index in [0.29, 0.717) is 5.92 Å². The second-order valence-corrected chi connectivity index (χ2v) is 4.06. The van der Waals surface area contributed by atoms with Crippen molar-refractivity contribution in [3.8, 4) is 0 Å². The van der Waals surface area contributed by atoms with Crippen LogP contribution in [-0.4, -0.2) is 21.8 Å². The van der Waals surface area contributed by atoms with Gasteiger partial charge in [-0.25, -0.2) is 0 Å². The Kier molecular flexibility index (Phi) is 3.42. The van der Waals surface area contributed by atoms with Crippen LogP contribution in [0.5, 0.6) is 0 Å². The maximum absolute atomic E-state index is 4.28. The summed E-state index contributed by atoms with van der Waals surface area (Å²) in [6.07, 6.45) is 1.01. The molecule has 1 aromatic heterocycles. The predicted molar refractivity (Wildman–Crippen MR) is 69.1 cm³/mol. The van der Waals surface area contributed by atoms with Gasteiger partial charge in [0.25, 0.3) is 0 Å². The number of hydrogen-bond donors (Lipinski definition) is 1. The molecule has 4 nitrogen and oxygen atoms in total. The molecular formula is C13H18N4. The molecule has 0 aliphatic rings. The molecule has 90 valence electrons. The summed E-state index contributed by atoms with van der Waals surface area (Å²) in [7, 11) is 3.85. The van der Waals surface area contributed by atoms with Gasteiger partial charge in [-0.2, -0.15) is 0 Å². The number of nitrogens with one attached hydrogen (secondary N) is 1. The van der Waals surface area contributed by atoms with Crippen LogP contribution in [0.25, 0.3) is 0 Å². The lowest BCUT2D eigenvalue weighted by molar-refractivity contribution is 0.672. The van der Waals surface area contributed by atoms with E-state index in [4.69, 9.17) is 0 Å². The van der Waals surface area contributed by atoms with Gasteiger partial charge in [-0.3, -0.25) is 0 Å². The molecule has 1 heterocycles. The van der Waals surface area contributed by atoms with E-state index in [1.807, 2.05) is 24.7 Å². The van der Waals surface area contributed by atoms with Gasteiger partial charge in [0, 0.05) is 20.0 Å². The first-order valence-electron chi connectivity index (χ1n) is 5.90. The van der Waals surface area contributed by atoms with Crippen LogP contribution < -0.4 is 5.32 Å². The molecule has 0 bridgehead atoms. The summed E-state index contributed by atoms with van der Waals surface area (Å²) in [4.78, 5) is 0. The quantitative estimate of drug-likeness (QED) is 0.877. The third-order valence-electron chi connectivity index (χ3n) is 3.05. The molecule has 17 heavy (non-hydrogen) atoms. The van der Waals surface area contributed by atoms with E-state index < -0.39 is 0 Å². The van der Waals surface area contributed by atoms with E-state index in [2.05, 4.69) is 46.7 Å². The average molecular weight is 230 g/mol. The Morgan fingerprint density at radius 3 is 2.47 bits per heavy atom. The predicted octanol–water partition coefficient (Wildman–Crippen LogP) is 2.40. The van der Waals surface area contributed by atoms with E-state index in [-0.39, 0.29) is 0 Å². The summed E-state index contributed by atoms with van der Waals surface area (Å²) in [5, 5.41) is 11.5. The molecular weight excluding hydrogens is 212 g/mol. The monoisotopic (exact) mass is 230 g/mol. The number of hydrogen-bond acceptors (Lipinski definition) is 3. The summed E-state index contributed by atoms with van der Waals surface area (Å²) >= 11 is 0. The average Bonchev–Trinajstić information content (AvgIpc) is 2.73. The van der Waals surface area contributed by atoms with Gasteiger partial charge in [-0.1, -0.05) is 37.3 Å². The molecule has 0 aliphatic heterocycles. The first-order chi connectivity index (χ1) is 8.27. The number of rotatable bonds is 4. The second kappa shape index (κ2) is 4.99. The fourth-order valence-corrected chi connectivity index (χ4v) is 2.12. The fraction of sp³-hybridized carbons (Fsp3) is 0.385. The molecule has 2 aromatic rings. The zero-order chi connectivity index (χ0) is 12.3. The first-order valence-corrected chi connectivity index (χ1v) is 5.90. The Hall–Kier alpha value is -1.84. The van der Waals surface area contributed by atoms with Gasteiger partial charge in [0.1, 0.15) is 5.82 Å². The molecule has 0 fully saturated rings. The smallest absolute Gasteiger partial charge is 0.224 e. The van der Waals surface area contributed by atoms with Crippen molar-refractivity contribution in [3.05, 3.63) is 41.7 Å². The van der Waals surface area contributed by atoms with Gasteiger partial charge in [0.05, 0.1) is 0 Å². The molecule has 1 aromatic carbocycles. The van der Waals surface area contributed by atoms with Gasteiger partial charge < -0.3 is 9.88 Å². The highest BCUT2D eigenvalue weighted by atomic mass is 15.3. The van der Waals surface area contributed by atoms with Crippen LogP contribution in [0.3, 0.4) is 0 Å². The summed E-state index contributed by atoms with van der Waals surface area (Å²) in [5.41, 5.74) is 1.29. The second-order valence-electron chi connectivity index (χ2n) is 4.06. The highest BCUT2D eigenvalue weighted by Crippen LogP contribution is 2.26. The van der Waals surface area contributed by atoms with Crippen LogP contribution in [0, 0.1) is 0 Å². The Labute approximate surface area is 102 Å². The van der Waals surface area contributed by atoms with Crippen LogP contribution in [0.15, 0.2) is 30.3 Å². The Morgan fingerprint density at radius 1 is 1.24 bits per heavy atom. The third-order valence-corrected chi connectivity index (χ3v) is 3.05.